The van der Waals surface area contributed by atoms with Gasteiger partial charge in [-0.1, -0.05) is 42.5 Å². The van der Waals surface area contributed by atoms with Crippen molar-refractivity contribution in [3.8, 4) is 0 Å². The maximum Gasteiger partial charge on any atom is 0.252 e. The minimum atomic E-state index is -0.329. The first-order chi connectivity index (χ1) is 11.6. The number of carbonyl (C=O) groups excluding carboxylic acids is 3. The second kappa shape index (κ2) is 4.56. The quantitative estimate of drug-likeness (QED) is 0.677. The van der Waals surface area contributed by atoms with Gasteiger partial charge >= 0.3 is 0 Å². The van der Waals surface area contributed by atoms with Gasteiger partial charge in [0.05, 0.1) is 18.3 Å². The van der Waals surface area contributed by atoms with Crippen molar-refractivity contribution in [1.29, 1.82) is 0 Å². The Bertz CT molecular complexity index is 747. The highest BCUT2D eigenvalue weighted by atomic mass is 16.2. The molecule has 0 aromatic heterocycles. The van der Waals surface area contributed by atoms with Gasteiger partial charge in [0.25, 0.3) is 11.8 Å². The molecule has 0 radical (unpaired) electrons. The Hall–Kier alpha value is -2.43. The van der Waals surface area contributed by atoms with E-state index >= 15 is 0 Å². The molecular weight excluding hydrogens is 304 g/mol. The zero-order chi connectivity index (χ0) is 16.5. The number of amides is 3. The van der Waals surface area contributed by atoms with Gasteiger partial charge in [-0.2, -0.15) is 5.01 Å². The molecule has 1 aromatic carbocycles. The summed E-state index contributed by atoms with van der Waals surface area (Å²) >= 11 is 0. The third-order valence-corrected chi connectivity index (χ3v) is 6.30. The first-order valence-electron chi connectivity index (χ1n) is 8.51. The summed E-state index contributed by atoms with van der Waals surface area (Å²) in [7, 11) is 0. The molecular formula is C19H18N2O3. The molecule has 3 aliphatic carbocycles. The predicted octanol–water partition coefficient (Wildman–Crippen LogP) is 1.46. The van der Waals surface area contributed by atoms with Gasteiger partial charge in [0, 0.05) is 0 Å². The van der Waals surface area contributed by atoms with Gasteiger partial charge < -0.3 is 0 Å². The zero-order valence-corrected chi connectivity index (χ0v) is 13.1. The Morgan fingerprint density at radius 2 is 1.62 bits per heavy atom. The van der Waals surface area contributed by atoms with Crippen LogP contribution in [0.1, 0.15) is 18.4 Å². The van der Waals surface area contributed by atoms with E-state index in [0.29, 0.717) is 0 Å². The number of allylic oxidation sites excluding steroid dienone is 2. The van der Waals surface area contributed by atoms with Crippen molar-refractivity contribution < 1.29 is 14.4 Å². The molecule has 5 rings (SSSR count). The lowest BCUT2D eigenvalue weighted by atomic mass is 9.85. The van der Waals surface area contributed by atoms with Crippen LogP contribution >= 0.6 is 0 Å². The van der Waals surface area contributed by atoms with E-state index in [1.165, 1.54) is 0 Å². The molecule has 122 valence electrons. The van der Waals surface area contributed by atoms with E-state index in [1.54, 1.807) is 0 Å². The number of fused-ring (bicyclic) bond motifs is 3. The molecule has 5 heteroatoms. The molecule has 0 unspecified atom stereocenters. The molecule has 1 aliphatic heterocycles. The van der Waals surface area contributed by atoms with E-state index in [1.807, 2.05) is 30.3 Å². The van der Waals surface area contributed by atoms with Gasteiger partial charge in [-0.25, -0.2) is 0 Å². The number of carbonyl (C=O) groups is 3. The van der Waals surface area contributed by atoms with Crippen molar-refractivity contribution >= 4 is 17.7 Å². The van der Waals surface area contributed by atoms with Crippen LogP contribution in [0.4, 0.5) is 0 Å². The van der Waals surface area contributed by atoms with Crippen LogP contribution in [0.25, 0.3) is 0 Å². The lowest BCUT2D eigenvalue weighted by Gasteiger charge is -2.22. The Kier molecular flexibility index (Phi) is 2.65. The summed E-state index contributed by atoms with van der Waals surface area (Å²) < 4.78 is 0. The monoisotopic (exact) mass is 322 g/mol. The molecule has 2 saturated carbocycles. The average molecular weight is 322 g/mol. The molecule has 2 bridgehead atoms. The van der Waals surface area contributed by atoms with Gasteiger partial charge in [0.15, 0.2) is 0 Å². The van der Waals surface area contributed by atoms with E-state index in [9.17, 15) is 14.4 Å². The van der Waals surface area contributed by atoms with Crippen molar-refractivity contribution in [3.05, 3.63) is 48.0 Å². The summed E-state index contributed by atoms with van der Waals surface area (Å²) in [5.74, 6) is -0.965. The van der Waals surface area contributed by atoms with Crippen LogP contribution in [0.5, 0.6) is 0 Å². The number of hydrazine groups is 1. The number of nitrogens with one attached hydrogen (secondary N) is 1. The van der Waals surface area contributed by atoms with Gasteiger partial charge in [-0.15, -0.1) is 0 Å². The molecule has 1 aromatic rings. The van der Waals surface area contributed by atoms with Crippen molar-refractivity contribution in [2.75, 3.05) is 0 Å². The van der Waals surface area contributed by atoms with Crippen LogP contribution < -0.4 is 5.43 Å². The minimum absolute atomic E-state index is 0.155. The fourth-order valence-electron chi connectivity index (χ4n) is 5.13. The summed E-state index contributed by atoms with van der Waals surface area (Å²) in [6, 6.07) is 9.30. The largest absolute Gasteiger partial charge is 0.273 e. The third kappa shape index (κ3) is 1.67. The van der Waals surface area contributed by atoms with Gasteiger partial charge in [-0.05, 0) is 35.7 Å². The topological polar surface area (TPSA) is 66.5 Å². The van der Waals surface area contributed by atoms with Gasteiger partial charge in [0.1, 0.15) is 0 Å². The highest BCUT2D eigenvalue weighted by Crippen LogP contribution is 2.73. The Morgan fingerprint density at radius 1 is 1.04 bits per heavy atom. The van der Waals surface area contributed by atoms with Crippen LogP contribution in [-0.2, 0) is 20.8 Å². The lowest BCUT2D eigenvalue weighted by molar-refractivity contribution is -0.150. The van der Waals surface area contributed by atoms with E-state index in [4.69, 9.17) is 0 Å². The van der Waals surface area contributed by atoms with Crippen molar-refractivity contribution in [2.45, 2.75) is 19.3 Å². The second-order valence-electron chi connectivity index (χ2n) is 7.43. The first-order valence-corrected chi connectivity index (χ1v) is 8.51. The maximum atomic E-state index is 12.7. The van der Waals surface area contributed by atoms with Gasteiger partial charge in [0.2, 0.25) is 5.91 Å². The average Bonchev–Trinajstić information content (AvgIpc) is 3.19. The number of benzene rings is 1. The Morgan fingerprint density at radius 3 is 2.17 bits per heavy atom. The normalized spacial score (nSPS) is 34.1. The smallest absolute Gasteiger partial charge is 0.252 e. The Balaban J connectivity index is 1.33. The SMILES string of the molecule is O=C(Cc1ccccc1)NN1C(=O)[C@@H]2[C@@H](C1=O)[C@@H]1C=C[C@H]2C12CC2. The molecule has 3 fully saturated rings. The molecule has 24 heavy (non-hydrogen) atoms. The van der Waals surface area contributed by atoms with E-state index in [-0.39, 0.29) is 53.2 Å². The molecule has 4 atom stereocenters. The molecule has 3 amide bonds. The number of imide groups is 1. The van der Waals surface area contributed by atoms with Crippen molar-refractivity contribution in [1.82, 2.24) is 10.4 Å². The maximum absolute atomic E-state index is 12.7. The standard InChI is InChI=1S/C19H18N2O3/c22-14(10-11-4-2-1-3-5-11)20-21-17(23)15-12-6-7-13(16(15)18(21)24)19(12)8-9-19/h1-7,12-13,15-16H,8-10H2,(H,20,22)/t12-,13+,15-,16-/m0/s1. The van der Waals surface area contributed by atoms with E-state index in [0.717, 1.165) is 23.4 Å². The van der Waals surface area contributed by atoms with Crippen molar-refractivity contribution in [2.24, 2.45) is 29.1 Å². The number of hydrogen-bond acceptors (Lipinski definition) is 3. The third-order valence-electron chi connectivity index (χ3n) is 6.30. The fourth-order valence-corrected chi connectivity index (χ4v) is 5.13. The fraction of sp³-hybridized carbons (Fsp3) is 0.421. The van der Waals surface area contributed by atoms with Crippen molar-refractivity contribution in [3.63, 3.8) is 0 Å². The highest BCUT2D eigenvalue weighted by molar-refractivity contribution is 6.07. The van der Waals surface area contributed by atoms with Gasteiger partial charge in [-0.3, -0.25) is 19.8 Å². The molecule has 4 aliphatic rings. The summed E-state index contributed by atoms with van der Waals surface area (Å²) in [4.78, 5) is 37.7. The highest BCUT2D eigenvalue weighted by Gasteiger charge is 2.73. The molecule has 1 saturated heterocycles. The van der Waals surface area contributed by atoms with Crippen LogP contribution in [0, 0.1) is 29.1 Å². The van der Waals surface area contributed by atoms with Crippen LogP contribution in [-0.4, -0.2) is 22.7 Å². The predicted molar refractivity (Wildman–Crippen MR) is 84.9 cm³/mol. The minimum Gasteiger partial charge on any atom is -0.273 e. The second-order valence-corrected chi connectivity index (χ2v) is 7.43. The molecule has 5 nitrogen and oxygen atoms in total. The molecule has 1 heterocycles. The summed E-state index contributed by atoms with van der Waals surface area (Å²) in [5, 5.41) is 0.989. The number of rotatable bonds is 3. The van der Waals surface area contributed by atoms with E-state index in [2.05, 4.69) is 17.6 Å². The summed E-state index contributed by atoms with van der Waals surface area (Å²) in [6.07, 6.45) is 6.63. The van der Waals surface area contributed by atoms with Crippen LogP contribution in [0.15, 0.2) is 42.5 Å². The van der Waals surface area contributed by atoms with Crippen LogP contribution in [0.3, 0.4) is 0 Å². The molecule has 1 spiro atoms. The van der Waals surface area contributed by atoms with E-state index < -0.39 is 0 Å². The zero-order valence-electron chi connectivity index (χ0n) is 13.1. The lowest BCUT2D eigenvalue weighted by Crippen LogP contribution is -2.48. The first kappa shape index (κ1) is 14.0. The van der Waals surface area contributed by atoms with Crippen LogP contribution in [0.2, 0.25) is 0 Å². The molecule has 1 N–H and O–H groups in total. The Labute approximate surface area is 139 Å². The summed E-state index contributed by atoms with van der Waals surface area (Å²) in [6.45, 7) is 0. The summed E-state index contributed by atoms with van der Waals surface area (Å²) in [5.41, 5.74) is 3.58. The number of nitrogens with zero attached hydrogens (tertiary/aromatic N) is 1. The number of hydrogen-bond donors (Lipinski definition) is 1.